The van der Waals surface area contributed by atoms with Crippen molar-refractivity contribution >= 4 is 33.0 Å². The molecule has 0 radical (unpaired) electrons. The Hall–Kier alpha value is -2.49. The number of hydrogen-bond acceptors (Lipinski definition) is 6. The van der Waals surface area contributed by atoms with Gasteiger partial charge in [0.05, 0.1) is 31.2 Å². The number of fused-ring (bicyclic) bond motifs is 1. The summed E-state index contributed by atoms with van der Waals surface area (Å²) in [6, 6.07) is 7.61. The topological polar surface area (TPSA) is 76.4 Å². The summed E-state index contributed by atoms with van der Waals surface area (Å²) in [5, 5.41) is 0.480. The van der Waals surface area contributed by atoms with Gasteiger partial charge in [0, 0.05) is 61.5 Å². The van der Waals surface area contributed by atoms with Crippen LogP contribution in [0, 0.1) is 0 Å². The minimum Gasteiger partial charge on any atom is -0.496 e. The highest BCUT2D eigenvalue weighted by molar-refractivity contribution is 7.88. The SMILES string of the molecule is COc1cc(OC)c(-c2cn3ccc(N4CCN(S(C)(=O)=O)CC4C)cc3n2)cc1Cl. The number of halogens is 1. The van der Waals surface area contributed by atoms with Crippen molar-refractivity contribution in [1.82, 2.24) is 13.7 Å². The van der Waals surface area contributed by atoms with Crippen molar-refractivity contribution in [1.29, 1.82) is 0 Å². The molecule has 31 heavy (non-hydrogen) atoms. The average molecular weight is 465 g/mol. The number of sulfonamides is 1. The molecule has 8 nitrogen and oxygen atoms in total. The standard InChI is InChI=1S/C21H25ClN4O4S/c1-14-12-25(31(4,27)28)7-8-26(14)15-5-6-24-13-18(23-21(24)9-15)16-10-17(22)20(30-3)11-19(16)29-2/h5-6,9-11,13-14H,7-8,12H2,1-4H3. The van der Waals surface area contributed by atoms with E-state index in [4.69, 9.17) is 26.1 Å². The van der Waals surface area contributed by atoms with Crippen molar-refractivity contribution in [2.75, 3.05) is 45.0 Å². The molecule has 1 fully saturated rings. The normalized spacial score (nSPS) is 17.8. The fourth-order valence-corrected chi connectivity index (χ4v) is 5.09. The van der Waals surface area contributed by atoms with Gasteiger partial charge < -0.3 is 18.8 Å². The minimum atomic E-state index is -3.18. The second-order valence-corrected chi connectivity index (χ2v) is 10.0. The molecular weight excluding hydrogens is 440 g/mol. The summed E-state index contributed by atoms with van der Waals surface area (Å²) in [6.07, 6.45) is 5.13. The fraction of sp³-hybridized carbons (Fsp3) is 0.381. The Morgan fingerprint density at radius 2 is 1.87 bits per heavy atom. The predicted octanol–water partition coefficient (Wildman–Crippen LogP) is 3.14. The van der Waals surface area contributed by atoms with Gasteiger partial charge in [-0.1, -0.05) is 11.6 Å². The van der Waals surface area contributed by atoms with Crippen LogP contribution in [0.15, 0.2) is 36.7 Å². The number of hydrogen-bond donors (Lipinski definition) is 0. The van der Waals surface area contributed by atoms with Crippen molar-refractivity contribution in [3.05, 3.63) is 41.7 Å². The van der Waals surface area contributed by atoms with E-state index in [-0.39, 0.29) is 6.04 Å². The number of piperazine rings is 1. The summed E-state index contributed by atoms with van der Waals surface area (Å²) in [6.45, 7) is 3.59. The molecule has 1 aromatic carbocycles. The number of imidazole rings is 1. The lowest BCUT2D eigenvalue weighted by atomic mass is 10.1. The first-order chi connectivity index (χ1) is 14.7. The Bertz CT molecular complexity index is 1230. The summed E-state index contributed by atoms with van der Waals surface area (Å²) in [7, 11) is -0.0291. The van der Waals surface area contributed by atoms with E-state index in [0.717, 1.165) is 22.6 Å². The van der Waals surface area contributed by atoms with Gasteiger partial charge in [0.15, 0.2) is 0 Å². The van der Waals surface area contributed by atoms with Gasteiger partial charge in [-0.3, -0.25) is 0 Å². The number of rotatable bonds is 5. The monoisotopic (exact) mass is 464 g/mol. The third-order valence-electron chi connectivity index (χ3n) is 5.58. The number of aromatic nitrogens is 2. The lowest BCUT2D eigenvalue weighted by Gasteiger charge is -2.40. The van der Waals surface area contributed by atoms with Gasteiger partial charge in [-0.25, -0.2) is 13.4 Å². The Balaban J connectivity index is 1.66. The molecule has 0 saturated carbocycles. The summed E-state index contributed by atoms with van der Waals surface area (Å²) in [5.41, 5.74) is 3.28. The van der Waals surface area contributed by atoms with Gasteiger partial charge in [-0.15, -0.1) is 0 Å². The van der Waals surface area contributed by atoms with Gasteiger partial charge in [0.2, 0.25) is 10.0 Å². The minimum absolute atomic E-state index is 0.0563. The lowest BCUT2D eigenvalue weighted by molar-refractivity contribution is 0.345. The number of ether oxygens (including phenoxy) is 2. The lowest BCUT2D eigenvalue weighted by Crippen LogP contribution is -2.53. The molecule has 1 saturated heterocycles. The van der Waals surface area contributed by atoms with E-state index in [1.54, 1.807) is 26.4 Å². The van der Waals surface area contributed by atoms with Crippen LogP contribution >= 0.6 is 11.6 Å². The summed E-state index contributed by atoms with van der Waals surface area (Å²) >= 11 is 6.33. The predicted molar refractivity (Wildman–Crippen MR) is 122 cm³/mol. The van der Waals surface area contributed by atoms with Gasteiger partial charge in [-0.2, -0.15) is 4.31 Å². The number of benzene rings is 1. The molecule has 2 aromatic heterocycles. The number of methoxy groups -OCH3 is 2. The molecule has 0 bridgehead atoms. The molecule has 10 heteroatoms. The van der Waals surface area contributed by atoms with E-state index in [2.05, 4.69) is 4.90 Å². The largest absolute Gasteiger partial charge is 0.496 e. The van der Waals surface area contributed by atoms with Crippen LogP contribution in [-0.4, -0.2) is 68.3 Å². The Morgan fingerprint density at radius 3 is 2.52 bits per heavy atom. The molecule has 4 rings (SSSR count). The van der Waals surface area contributed by atoms with Crippen LogP contribution in [0.4, 0.5) is 5.69 Å². The van der Waals surface area contributed by atoms with Crippen molar-refractivity contribution in [2.24, 2.45) is 0 Å². The molecular formula is C21H25ClN4O4S. The Labute approximate surface area is 187 Å². The van der Waals surface area contributed by atoms with Crippen LogP contribution in [0.2, 0.25) is 5.02 Å². The third kappa shape index (κ3) is 4.17. The van der Waals surface area contributed by atoms with E-state index in [1.165, 1.54) is 10.6 Å². The molecule has 0 N–H and O–H groups in total. The highest BCUT2D eigenvalue weighted by atomic mass is 35.5. The quantitative estimate of drug-likeness (QED) is 0.577. The van der Waals surface area contributed by atoms with Gasteiger partial charge >= 0.3 is 0 Å². The van der Waals surface area contributed by atoms with Crippen LogP contribution in [0.1, 0.15) is 6.92 Å². The first-order valence-electron chi connectivity index (χ1n) is 9.83. The summed E-state index contributed by atoms with van der Waals surface area (Å²) < 4.78 is 38.0. The average Bonchev–Trinajstić information content (AvgIpc) is 3.16. The molecule has 0 aliphatic carbocycles. The van der Waals surface area contributed by atoms with E-state index in [0.29, 0.717) is 36.2 Å². The van der Waals surface area contributed by atoms with Crippen LogP contribution in [0.3, 0.4) is 0 Å². The molecule has 3 heterocycles. The Morgan fingerprint density at radius 1 is 1.13 bits per heavy atom. The molecule has 1 unspecified atom stereocenters. The van der Waals surface area contributed by atoms with Crippen LogP contribution in [0.25, 0.3) is 16.9 Å². The first-order valence-corrected chi connectivity index (χ1v) is 12.1. The molecule has 3 aromatic rings. The molecule has 166 valence electrons. The highest BCUT2D eigenvalue weighted by Crippen LogP contribution is 2.38. The number of nitrogens with zero attached hydrogens (tertiary/aromatic N) is 4. The summed E-state index contributed by atoms with van der Waals surface area (Å²) in [4.78, 5) is 6.98. The van der Waals surface area contributed by atoms with Crippen LogP contribution < -0.4 is 14.4 Å². The van der Waals surface area contributed by atoms with Gasteiger partial charge in [0.1, 0.15) is 17.1 Å². The molecule has 0 spiro atoms. The van der Waals surface area contributed by atoms with Gasteiger partial charge in [0.25, 0.3) is 0 Å². The van der Waals surface area contributed by atoms with Crippen molar-refractivity contribution in [3.63, 3.8) is 0 Å². The zero-order chi connectivity index (χ0) is 22.3. The maximum Gasteiger partial charge on any atom is 0.211 e. The molecule has 1 aliphatic heterocycles. The van der Waals surface area contributed by atoms with Crippen LogP contribution in [0.5, 0.6) is 11.5 Å². The maximum absolute atomic E-state index is 11.9. The van der Waals surface area contributed by atoms with Crippen LogP contribution in [-0.2, 0) is 10.0 Å². The highest BCUT2D eigenvalue weighted by Gasteiger charge is 2.29. The molecule has 1 atom stereocenters. The molecule has 0 amide bonds. The van der Waals surface area contributed by atoms with E-state index in [9.17, 15) is 8.42 Å². The second kappa shape index (κ2) is 8.22. The third-order valence-corrected chi connectivity index (χ3v) is 7.15. The maximum atomic E-state index is 11.9. The van der Waals surface area contributed by atoms with Crippen molar-refractivity contribution in [3.8, 4) is 22.8 Å². The second-order valence-electron chi connectivity index (χ2n) is 7.63. The zero-order valence-corrected chi connectivity index (χ0v) is 19.4. The zero-order valence-electron chi connectivity index (χ0n) is 17.9. The van der Waals surface area contributed by atoms with Gasteiger partial charge in [-0.05, 0) is 19.1 Å². The van der Waals surface area contributed by atoms with Crippen molar-refractivity contribution < 1.29 is 17.9 Å². The van der Waals surface area contributed by atoms with E-state index in [1.807, 2.05) is 35.9 Å². The van der Waals surface area contributed by atoms with E-state index < -0.39 is 10.0 Å². The fourth-order valence-electron chi connectivity index (χ4n) is 3.95. The first kappa shape index (κ1) is 21.7. The van der Waals surface area contributed by atoms with Crippen molar-refractivity contribution in [2.45, 2.75) is 13.0 Å². The Kier molecular flexibility index (Phi) is 5.76. The smallest absolute Gasteiger partial charge is 0.211 e. The summed E-state index contributed by atoms with van der Waals surface area (Å²) in [5.74, 6) is 1.16. The van der Waals surface area contributed by atoms with E-state index >= 15 is 0 Å². The molecule has 1 aliphatic rings. The number of anilines is 1. The number of pyridine rings is 1.